The zero-order valence-corrected chi connectivity index (χ0v) is 11.8. The van der Waals surface area contributed by atoms with Crippen LogP contribution in [0, 0.1) is 0 Å². The summed E-state index contributed by atoms with van der Waals surface area (Å²) in [5.41, 5.74) is 6.24. The number of nitrogens with zero attached hydrogens (tertiary/aromatic N) is 3. The van der Waals surface area contributed by atoms with Crippen molar-refractivity contribution in [2.24, 2.45) is 0 Å². The summed E-state index contributed by atoms with van der Waals surface area (Å²) in [5.74, 6) is -0.466. The number of anilines is 2. The van der Waals surface area contributed by atoms with E-state index in [1.165, 1.54) is 12.3 Å². The summed E-state index contributed by atoms with van der Waals surface area (Å²) in [5, 5.41) is 9.06. The SMILES string of the molecule is CCN(CCCN(C)C)c1nccc(C(=O)O)c1N. The van der Waals surface area contributed by atoms with Crippen molar-refractivity contribution in [1.29, 1.82) is 0 Å². The van der Waals surface area contributed by atoms with Crippen molar-refractivity contribution in [3.8, 4) is 0 Å². The predicted molar refractivity (Wildman–Crippen MR) is 76.7 cm³/mol. The Morgan fingerprint density at radius 3 is 2.63 bits per heavy atom. The van der Waals surface area contributed by atoms with Gasteiger partial charge in [-0.15, -0.1) is 0 Å². The third-order valence-corrected chi connectivity index (χ3v) is 2.91. The van der Waals surface area contributed by atoms with Crippen LogP contribution in [-0.2, 0) is 0 Å². The molecule has 0 aliphatic rings. The summed E-state index contributed by atoms with van der Waals surface area (Å²) in [4.78, 5) is 19.4. The molecule has 0 spiro atoms. The normalized spacial score (nSPS) is 10.7. The Balaban J connectivity index is 2.86. The number of carbonyl (C=O) groups is 1. The molecule has 19 heavy (non-hydrogen) atoms. The molecule has 0 atom stereocenters. The van der Waals surface area contributed by atoms with Crippen molar-refractivity contribution >= 4 is 17.5 Å². The van der Waals surface area contributed by atoms with Gasteiger partial charge in [0.2, 0.25) is 0 Å². The lowest BCUT2D eigenvalue weighted by atomic mass is 10.2. The highest BCUT2D eigenvalue weighted by Gasteiger charge is 2.16. The third kappa shape index (κ3) is 4.10. The summed E-state index contributed by atoms with van der Waals surface area (Å²) >= 11 is 0. The van der Waals surface area contributed by atoms with Crippen LogP contribution in [0.3, 0.4) is 0 Å². The minimum atomic E-state index is -1.02. The van der Waals surface area contributed by atoms with Gasteiger partial charge in [-0.3, -0.25) is 0 Å². The molecule has 3 N–H and O–H groups in total. The van der Waals surface area contributed by atoms with Gasteiger partial charge >= 0.3 is 5.97 Å². The number of carboxylic acids is 1. The van der Waals surface area contributed by atoms with Gasteiger partial charge in [0.25, 0.3) is 0 Å². The molecule has 0 radical (unpaired) electrons. The van der Waals surface area contributed by atoms with Gasteiger partial charge in [-0.1, -0.05) is 0 Å². The standard InChI is InChI=1S/C13H22N4O2/c1-4-17(9-5-8-16(2)3)12-11(14)10(13(18)19)6-7-15-12/h6-7H,4-5,8-9,14H2,1-3H3,(H,18,19). The highest BCUT2D eigenvalue weighted by atomic mass is 16.4. The van der Waals surface area contributed by atoms with Crippen molar-refractivity contribution in [2.75, 3.05) is 44.4 Å². The van der Waals surface area contributed by atoms with Crippen LogP contribution < -0.4 is 10.6 Å². The maximum atomic E-state index is 11.1. The lowest BCUT2D eigenvalue weighted by molar-refractivity contribution is 0.0698. The molecule has 0 aliphatic heterocycles. The van der Waals surface area contributed by atoms with Crippen LogP contribution in [0.25, 0.3) is 0 Å². The van der Waals surface area contributed by atoms with E-state index in [1.54, 1.807) is 0 Å². The van der Waals surface area contributed by atoms with E-state index in [4.69, 9.17) is 10.8 Å². The maximum absolute atomic E-state index is 11.1. The number of hydrogen-bond acceptors (Lipinski definition) is 5. The minimum Gasteiger partial charge on any atom is -0.478 e. The van der Waals surface area contributed by atoms with Crippen molar-refractivity contribution in [3.63, 3.8) is 0 Å². The molecule has 0 saturated heterocycles. The van der Waals surface area contributed by atoms with Crippen LogP contribution in [0.2, 0.25) is 0 Å². The first kappa shape index (κ1) is 15.2. The van der Waals surface area contributed by atoms with E-state index in [0.29, 0.717) is 5.82 Å². The molecule has 0 saturated carbocycles. The fraction of sp³-hybridized carbons (Fsp3) is 0.538. The molecular weight excluding hydrogens is 244 g/mol. The molecule has 6 heteroatoms. The molecule has 0 bridgehead atoms. The van der Waals surface area contributed by atoms with Crippen LogP contribution in [0.15, 0.2) is 12.3 Å². The summed E-state index contributed by atoms with van der Waals surface area (Å²) < 4.78 is 0. The molecule has 1 heterocycles. The maximum Gasteiger partial charge on any atom is 0.337 e. The lowest BCUT2D eigenvalue weighted by Crippen LogP contribution is -2.29. The molecule has 1 aromatic heterocycles. The van der Waals surface area contributed by atoms with Crippen LogP contribution in [0.5, 0.6) is 0 Å². The Kier molecular flexibility index (Phi) is 5.57. The first-order valence-corrected chi connectivity index (χ1v) is 6.34. The van der Waals surface area contributed by atoms with Crippen molar-refractivity contribution < 1.29 is 9.90 Å². The molecule has 1 rings (SSSR count). The second-order valence-corrected chi connectivity index (χ2v) is 4.64. The first-order valence-electron chi connectivity index (χ1n) is 6.34. The Morgan fingerprint density at radius 1 is 1.42 bits per heavy atom. The van der Waals surface area contributed by atoms with Crippen LogP contribution >= 0.6 is 0 Å². The number of carboxylic acid groups (broad SMARTS) is 1. The Bertz CT molecular complexity index is 435. The number of nitrogen functional groups attached to an aromatic ring is 1. The number of pyridine rings is 1. The topological polar surface area (TPSA) is 82.7 Å². The van der Waals surface area contributed by atoms with Crippen molar-refractivity contribution in [3.05, 3.63) is 17.8 Å². The summed E-state index contributed by atoms with van der Waals surface area (Å²) in [7, 11) is 4.04. The fourth-order valence-electron chi connectivity index (χ4n) is 1.89. The number of aromatic carboxylic acids is 1. The zero-order valence-electron chi connectivity index (χ0n) is 11.8. The molecule has 0 fully saturated rings. The van der Waals surface area contributed by atoms with Gasteiger partial charge in [-0.05, 0) is 40.1 Å². The van der Waals surface area contributed by atoms with E-state index in [-0.39, 0.29) is 11.3 Å². The fourth-order valence-corrected chi connectivity index (χ4v) is 1.89. The minimum absolute atomic E-state index is 0.107. The van der Waals surface area contributed by atoms with E-state index in [2.05, 4.69) is 9.88 Å². The number of rotatable bonds is 7. The molecule has 0 aromatic carbocycles. The summed E-state index contributed by atoms with van der Waals surface area (Å²) in [6.07, 6.45) is 2.46. The van der Waals surface area contributed by atoms with Gasteiger partial charge in [0, 0.05) is 19.3 Å². The smallest absolute Gasteiger partial charge is 0.337 e. The van der Waals surface area contributed by atoms with Crippen LogP contribution in [0.1, 0.15) is 23.7 Å². The van der Waals surface area contributed by atoms with E-state index in [0.717, 1.165) is 26.1 Å². The Morgan fingerprint density at radius 2 is 2.11 bits per heavy atom. The van der Waals surface area contributed by atoms with Crippen molar-refractivity contribution in [1.82, 2.24) is 9.88 Å². The second kappa shape index (κ2) is 6.94. The second-order valence-electron chi connectivity index (χ2n) is 4.64. The van der Waals surface area contributed by atoms with E-state index >= 15 is 0 Å². The lowest BCUT2D eigenvalue weighted by Gasteiger charge is -2.24. The largest absolute Gasteiger partial charge is 0.478 e. The van der Waals surface area contributed by atoms with Crippen LogP contribution in [-0.4, -0.2) is 54.7 Å². The number of nitrogens with two attached hydrogens (primary N) is 1. The number of hydrogen-bond donors (Lipinski definition) is 2. The molecule has 106 valence electrons. The molecular formula is C13H22N4O2. The van der Waals surface area contributed by atoms with Crippen molar-refractivity contribution in [2.45, 2.75) is 13.3 Å². The van der Waals surface area contributed by atoms with Gasteiger partial charge < -0.3 is 20.6 Å². The Hall–Kier alpha value is -1.82. The Labute approximate surface area is 113 Å². The molecule has 0 unspecified atom stereocenters. The summed E-state index contributed by atoms with van der Waals surface area (Å²) in [6.45, 7) is 4.52. The van der Waals surface area contributed by atoms with Gasteiger partial charge in [0.1, 0.15) is 0 Å². The third-order valence-electron chi connectivity index (χ3n) is 2.91. The van der Waals surface area contributed by atoms with Gasteiger partial charge in [0.05, 0.1) is 11.3 Å². The molecule has 0 amide bonds. The van der Waals surface area contributed by atoms with E-state index in [1.807, 2.05) is 25.9 Å². The molecule has 6 nitrogen and oxygen atoms in total. The zero-order chi connectivity index (χ0) is 14.4. The quantitative estimate of drug-likeness (QED) is 0.770. The highest BCUT2D eigenvalue weighted by Crippen LogP contribution is 2.24. The molecule has 0 aliphatic carbocycles. The van der Waals surface area contributed by atoms with Crippen LogP contribution in [0.4, 0.5) is 11.5 Å². The van der Waals surface area contributed by atoms with E-state index in [9.17, 15) is 4.79 Å². The predicted octanol–water partition coefficient (Wildman–Crippen LogP) is 1.14. The monoisotopic (exact) mass is 266 g/mol. The number of aromatic nitrogens is 1. The van der Waals surface area contributed by atoms with E-state index < -0.39 is 5.97 Å². The first-order chi connectivity index (χ1) is 8.97. The summed E-state index contributed by atoms with van der Waals surface area (Å²) in [6, 6.07) is 1.43. The average Bonchev–Trinajstić information content (AvgIpc) is 2.35. The highest BCUT2D eigenvalue weighted by molar-refractivity contribution is 5.96. The average molecular weight is 266 g/mol. The van der Waals surface area contributed by atoms with Gasteiger partial charge in [0.15, 0.2) is 5.82 Å². The molecule has 1 aromatic rings. The van der Waals surface area contributed by atoms with Gasteiger partial charge in [-0.25, -0.2) is 9.78 Å². The van der Waals surface area contributed by atoms with Gasteiger partial charge in [-0.2, -0.15) is 0 Å².